The Labute approximate surface area is 91.5 Å². The minimum absolute atomic E-state index is 0.0510. The molecule has 0 saturated heterocycles. The van der Waals surface area contributed by atoms with Gasteiger partial charge in [0.25, 0.3) is 0 Å². The van der Waals surface area contributed by atoms with Crippen LogP contribution in [0.15, 0.2) is 18.2 Å². The van der Waals surface area contributed by atoms with Crippen molar-refractivity contribution in [3.8, 4) is 0 Å². The van der Waals surface area contributed by atoms with E-state index >= 15 is 0 Å². The number of nitrogens with two attached hydrogens (primary N) is 1. The Kier molecular flexibility index (Phi) is 3.18. The number of carbonyl (C=O) groups is 1. The minimum atomic E-state index is -0.351. The van der Waals surface area contributed by atoms with Crippen LogP contribution in [0, 0.1) is 0 Å². The zero-order valence-electron chi connectivity index (χ0n) is 9.92. The van der Waals surface area contributed by atoms with Crippen molar-refractivity contribution in [3.63, 3.8) is 0 Å². The Morgan fingerprint density at radius 3 is 2.27 bits per heavy atom. The summed E-state index contributed by atoms with van der Waals surface area (Å²) in [6.45, 7) is 8.47. The summed E-state index contributed by atoms with van der Waals surface area (Å²) in [5.41, 5.74) is 8.30. The van der Waals surface area contributed by atoms with Crippen molar-refractivity contribution in [2.24, 2.45) is 5.73 Å². The van der Waals surface area contributed by atoms with Crippen LogP contribution in [0.25, 0.3) is 0 Å². The molecule has 0 bridgehead atoms. The lowest BCUT2D eigenvalue weighted by molar-refractivity contribution is 0.1000. The van der Waals surface area contributed by atoms with Gasteiger partial charge in [0.05, 0.1) is 0 Å². The van der Waals surface area contributed by atoms with Gasteiger partial charge < -0.3 is 5.73 Å². The van der Waals surface area contributed by atoms with Gasteiger partial charge in [0.15, 0.2) is 0 Å². The van der Waals surface area contributed by atoms with Crippen molar-refractivity contribution in [2.75, 3.05) is 0 Å². The average molecular weight is 205 g/mol. The summed E-state index contributed by atoms with van der Waals surface area (Å²) in [6, 6.07) is 5.91. The van der Waals surface area contributed by atoms with Gasteiger partial charge in [-0.2, -0.15) is 0 Å². The number of rotatable bonds is 2. The maximum absolute atomic E-state index is 11.2. The van der Waals surface area contributed by atoms with E-state index in [1.807, 2.05) is 12.1 Å². The summed E-state index contributed by atoms with van der Waals surface area (Å²) in [6.07, 6.45) is 0.921. The topological polar surface area (TPSA) is 43.1 Å². The predicted molar refractivity (Wildman–Crippen MR) is 63.0 cm³/mol. The number of aryl methyl sites for hydroxylation is 1. The van der Waals surface area contributed by atoms with Gasteiger partial charge in [-0.05, 0) is 35.1 Å². The summed E-state index contributed by atoms with van der Waals surface area (Å²) in [7, 11) is 0. The Balaban J connectivity index is 3.30. The monoisotopic (exact) mass is 205 g/mol. The lowest BCUT2D eigenvalue weighted by atomic mass is 9.84. The molecular weight excluding hydrogens is 186 g/mol. The number of primary amides is 1. The van der Waals surface area contributed by atoms with Crippen LogP contribution in [-0.2, 0) is 11.8 Å². The van der Waals surface area contributed by atoms with Crippen LogP contribution in [0.2, 0.25) is 0 Å². The fraction of sp³-hybridized carbons (Fsp3) is 0.462. The molecular formula is C13H19NO. The van der Waals surface area contributed by atoms with Crippen LogP contribution >= 0.6 is 0 Å². The Bertz CT molecular complexity index is 375. The summed E-state index contributed by atoms with van der Waals surface area (Å²) < 4.78 is 0. The molecule has 0 aliphatic rings. The van der Waals surface area contributed by atoms with Gasteiger partial charge in [0.2, 0.25) is 5.91 Å². The van der Waals surface area contributed by atoms with Crippen LogP contribution < -0.4 is 5.73 Å². The molecule has 1 amide bonds. The highest BCUT2D eigenvalue weighted by atomic mass is 16.1. The number of amides is 1. The molecule has 0 radical (unpaired) electrons. The smallest absolute Gasteiger partial charge is 0.248 e. The van der Waals surface area contributed by atoms with E-state index in [1.165, 1.54) is 0 Å². The number of carbonyl (C=O) groups excluding carboxylic acids is 1. The number of hydrogen-bond acceptors (Lipinski definition) is 1. The summed E-state index contributed by atoms with van der Waals surface area (Å²) in [5, 5.41) is 0. The molecule has 0 spiro atoms. The lowest BCUT2D eigenvalue weighted by Crippen LogP contribution is -2.16. The molecule has 0 saturated carbocycles. The highest BCUT2D eigenvalue weighted by Gasteiger charge is 2.16. The van der Waals surface area contributed by atoms with Crippen LogP contribution in [0.4, 0.5) is 0 Å². The maximum Gasteiger partial charge on any atom is 0.248 e. The molecule has 0 unspecified atom stereocenters. The fourth-order valence-electron chi connectivity index (χ4n) is 1.47. The second kappa shape index (κ2) is 4.05. The standard InChI is InChI=1S/C13H19NO/c1-5-9-6-10(12(14)15)8-11(7-9)13(2,3)4/h6-8H,5H2,1-4H3,(H2,14,15). The van der Waals surface area contributed by atoms with E-state index in [2.05, 4.69) is 33.8 Å². The molecule has 1 aromatic carbocycles. The molecule has 0 atom stereocenters. The van der Waals surface area contributed by atoms with Gasteiger partial charge in [0, 0.05) is 5.56 Å². The van der Waals surface area contributed by atoms with E-state index in [9.17, 15) is 4.79 Å². The Hall–Kier alpha value is -1.31. The molecule has 2 N–H and O–H groups in total. The Morgan fingerprint density at radius 1 is 1.27 bits per heavy atom. The fourth-order valence-corrected chi connectivity index (χ4v) is 1.47. The van der Waals surface area contributed by atoms with Crippen LogP contribution in [0.3, 0.4) is 0 Å². The second-order valence-corrected chi connectivity index (χ2v) is 4.89. The largest absolute Gasteiger partial charge is 0.366 e. The third kappa shape index (κ3) is 2.82. The third-order valence-electron chi connectivity index (χ3n) is 2.55. The number of benzene rings is 1. The van der Waals surface area contributed by atoms with Gasteiger partial charge in [0.1, 0.15) is 0 Å². The highest BCUT2D eigenvalue weighted by Crippen LogP contribution is 2.24. The summed E-state index contributed by atoms with van der Waals surface area (Å²) in [5.74, 6) is -0.351. The van der Waals surface area contributed by atoms with Gasteiger partial charge in [-0.3, -0.25) is 4.79 Å². The molecule has 1 rings (SSSR count). The third-order valence-corrected chi connectivity index (χ3v) is 2.55. The van der Waals surface area contributed by atoms with E-state index in [-0.39, 0.29) is 11.3 Å². The van der Waals surface area contributed by atoms with Crippen LogP contribution in [-0.4, -0.2) is 5.91 Å². The van der Waals surface area contributed by atoms with E-state index in [4.69, 9.17) is 5.73 Å². The zero-order valence-corrected chi connectivity index (χ0v) is 9.92. The van der Waals surface area contributed by atoms with Crippen molar-refractivity contribution >= 4 is 5.91 Å². The second-order valence-electron chi connectivity index (χ2n) is 4.89. The number of hydrogen-bond donors (Lipinski definition) is 1. The van der Waals surface area contributed by atoms with Crippen molar-refractivity contribution < 1.29 is 4.79 Å². The van der Waals surface area contributed by atoms with Gasteiger partial charge in [-0.1, -0.05) is 33.8 Å². The first kappa shape index (κ1) is 11.8. The van der Waals surface area contributed by atoms with E-state index in [1.54, 1.807) is 0 Å². The molecule has 2 nitrogen and oxygen atoms in total. The molecule has 0 aromatic heterocycles. The molecule has 2 heteroatoms. The average Bonchev–Trinajstić information content (AvgIpc) is 2.15. The van der Waals surface area contributed by atoms with Gasteiger partial charge >= 0.3 is 0 Å². The summed E-state index contributed by atoms with van der Waals surface area (Å²) in [4.78, 5) is 11.2. The first-order valence-electron chi connectivity index (χ1n) is 5.29. The first-order chi connectivity index (χ1) is 6.84. The highest BCUT2D eigenvalue weighted by molar-refractivity contribution is 5.93. The van der Waals surface area contributed by atoms with E-state index in [0.717, 1.165) is 17.5 Å². The SMILES string of the molecule is CCc1cc(C(N)=O)cc(C(C)(C)C)c1. The maximum atomic E-state index is 11.2. The minimum Gasteiger partial charge on any atom is -0.366 e. The van der Waals surface area contributed by atoms with Crippen molar-refractivity contribution in [2.45, 2.75) is 39.5 Å². The van der Waals surface area contributed by atoms with Crippen molar-refractivity contribution in [1.82, 2.24) is 0 Å². The lowest BCUT2D eigenvalue weighted by Gasteiger charge is -2.20. The van der Waals surface area contributed by atoms with Crippen molar-refractivity contribution in [1.29, 1.82) is 0 Å². The molecule has 0 fully saturated rings. The van der Waals surface area contributed by atoms with Gasteiger partial charge in [-0.25, -0.2) is 0 Å². The normalized spacial score (nSPS) is 11.5. The van der Waals surface area contributed by atoms with Crippen LogP contribution in [0.5, 0.6) is 0 Å². The zero-order chi connectivity index (χ0) is 11.6. The molecule has 0 heterocycles. The van der Waals surface area contributed by atoms with Gasteiger partial charge in [-0.15, -0.1) is 0 Å². The van der Waals surface area contributed by atoms with Crippen LogP contribution in [0.1, 0.15) is 49.2 Å². The van der Waals surface area contributed by atoms with E-state index in [0.29, 0.717) is 5.56 Å². The predicted octanol–water partition coefficient (Wildman–Crippen LogP) is 2.65. The molecule has 0 aliphatic carbocycles. The quantitative estimate of drug-likeness (QED) is 0.792. The molecule has 15 heavy (non-hydrogen) atoms. The molecule has 82 valence electrons. The molecule has 0 aliphatic heterocycles. The van der Waals surface area contributed by atoms with E-state index < -0.39 is 0 Å². The summed E-state index contributed by atoms with van der Waals surface area (Å²) >= 11 is 0. The first-order valence-corrected chi connectivity index (χ1v) is 5.29. The molecule has 1 aromatic rings. The Morgan fingerprint density at radius 2 is 1.87 bits per heavy atom. The van der Waals surface area contributed by atoms with Crippen molar-refractivity contribution in [3.05, 3.63) is 34.9 Å².